The molecule has 0 unspecified atom stereocenters. The van der Waals surface area contributed by atoms with Crippen LogP contribution in [0.2, 0.25) is 0 Å². The Balaban J connectivity index is 1.81. The zero-order valence-corrected chi connectivity index (χ0v) is 15.8. The molecule has 7 nitrogen and oxygen atoms in total. The van der Waals surface area contributed by atoms with E-state index in [9.17, 15) is 8.42 Å². The number of piperidine rings is 1. The van der Waals surface area contributed by atoms with Gasteiger partial charge in [0.25, 0.3) is 10.0 Å². The highest BCUT2D eigenvalue weighted by Gasteiger charge is 2.21. The summed E-state index contributed by atoms with van der Waals surface area (Å²) in [6, 6.07) is 8.20. The Morgan fingerprint density at radius 3 is 2.42 bits per heavy atom. The molecule has 2 aromatic rings. The molecule has 0 spiro atoms. The SMILES string of the molecule is COc1ccc(OC)c(S(=O)(=O)Nc2ccc(N3CCCCC3)nc2)c1. The fourth-order valence-electron chi connectivity index (χ4n) is 2.96. The molecule has 1 aliphatic heterocycles. The van der Waals surface area contributed by atoms with E-state index in [4.69, 9.17) is 9.47 Å². The number of methoxy groups -OCH3 is 2. The number of sulfonamides is 1. The van der Waals surface area contributed by atoms with Gasteiger partial charge in [0.1, 0.15) is 22.2 Å². The van der Waals surface area contributed by atoms with Gasteiger partial charge in [-0.2, -0.15) is 0 Å². The molecule has 1 saturated heterocycles. The Morgan fingerprint density at radius 1 is 1.04 bits per heavy atom. The third-order valence-corrected chi connectivity index (χ3v) is 5.74. The van der Waals surface area contributed by atoms with Crippen molar-refractivity contribution < 1.29 is 17.9 Å². The third kappa shape index (κ3) is 4.01. The van der Waals surface area contributed by atoms with Crippen LogP contribution in [0.15, 0.2) is 41.4 Å². The second-order valence-corrected chi connectivity index (χ2v) is 7.73. The van der Waals surface area contributed by atoms with Crippen LogP contribution >= 0.6 is 0 Å². The van der Waals surface area contributed by atoms with Crippen LogP contribution < -0.4 is 19.1 Å². The lowest BCUT2D eigenvalue weighted by Crippen LogP contribution is -2.30. The molecule has 3 rings (SSSR count). The van der Waals surface area contributed by atoms with E-state index in [-0.39, 0.29) is 10.6 Å². The first-order valence-corrected chi connectivity index (χ1v) is 9.97. The van der Waals surface area contributed by atoms with E-state index in [0.29, 0.717) is 11.4 Å². The van der Waals surface area contributed by atoms with Crippen molar-refractivity contribution in [1.29, 1.82) is 0 Å². The second kappa shape index (κ2) is 7.82. The molecule has 0 atom stereocenters. The Morgan fingerprint density at radius 2 is 1.81 bits per heavy atom. The van der Waals surface area contributed by atoms with E-state index in [1.807, 2.05) is 6.07 Å². The number of pyridine rings is 1. The lowest BCUT2D eigenvalue weighted by molar-refractivity contribution is 0.392. The predicted molar refractivity (Wildman–Crippen MR) is 101 cm³/mol. The van der Waals surface area contributed by atoms with Gasteiger partial charge < -0.3 is 14.4 Å². The lowest BCUT2D eigenvalue weighted by atomic mass is 10.1. The first kappa shape index (κ1) is 18.3. The van der Waals surface area contributed by atoms with E-state index < -0.39 is 10.0 Å². The molecule has 140 valence electrons. The molecule has 1 fully saturated rings. The Kier molecular flexibility index (Phi) is 5.51. The topological polar surface area (TPSA) is 80.8 Å². The number of aromatic nitrogens is 1. The van der Waals surface area contributed by atoms with Crippen molar-refractivity contribution in [1.82, 2.24) is 4.98 Å². The normalized spacial score (nSPS) is 14.8. The van der Waals surface area contributed by atoms with Gasteiger partial charge in [-0.15, -0.1) is 0 Å². The summed E-state index contributed by atoms with van der Waals surface area (Å²) in [4.78, 5) is 6.63. The van der Waals surface area contributed by atoms with Gasteiger partial charge in [-0.3, -0.25) is 4.72 Å². The molecule has 8 heteroatoms. The second-order valence-electron chi connectivity index (χ2n) is 6.08. The molecule has 0 amide bonds. The highest BCUT2D eigenvalue weighted by atomic mass is 32.2. The minimum absolute atomic E-state index is 0.0134. The van der Waals surface area contributed by atoms with Gasteiger partial charge in [0.15, 0.2) is 0 Å². The minimum atomic E-state index is -3.83. The van der Waals surface area contributed by atoms with Crippen LogP contribution in [-0.4, -0.2) is 40.7 Å². The number of rotatable bonds is 6. The summed E-state index contributed by atoms with van der Waals surface area (Å²) in [6.07, 6.45) is 5.10. The molecule has 1 aromatic heterocycles. The highest BCUT2D eigenvalue weighted by Crippen LogP contribution is 2.30. The van der Waals surface area contributed by atoms with E-state index in [0.717, 1.165) is 31.7 Å². The molecule has 26 heavy (non-hydrogen) atoms. The molecular formula is C18H23N3O4S. The van der Waals surface area contributed by atoms with Gasteiger partial charge in [-0.05, 0) is 43.5 Å². The number of ether oxygens (including phenoxy) is 2. The van der Waals surface area contributed by atoms with Crippen LogP contribution in [-0.2, 0) is 10.0 Å². The number of nitrogens with zero attached hydrogens (tertiary/aromatic N) is 2. The van der Waals surface area contributed by atoms with Crippen molar-refractivity contribution in [2.24, 2.45) is 0 Å². The maximum Gasteiger partial charge on any atom is 0.265 e. The van der Waals surface area contributed by atoms with Crippen LogP contribution in [0.4, 0.5) is 11.5 Å². The van der Waals surface area contributed by atoms with Crippen molar-refractivity contribution in [3.8, 4) is 11.5 Å². The standard InChI is InChI=1S/C18H23N3O4S/c1-24-15-7-8-16(25-2)17(12-15)26(22,23)20-14-6-9-18(19-13-14)21-10-4-3-5-11-21/h6-9,12-13,20H,3-5,10-11H2,1-2H3. The Hall–Kier alpha value is -2.48. The summed E-state index contributed by atoms with van der Waals surface area (Å²) in [5.74, 6) is 1.55. The highest BCUT2D eigenvalue weighted by molar-refractivity contribution is 7.92. The van der Waals surface area contributed by atoms with Crippen molar-refractivity contribution in [2.75, 3.05) is 36.9 Å². The number of benzene rings is 1. The molecule has 1 aliphatic rings. The summed E-state index contributed by atoms with van der Waals surface area (Å²) in [7, 11) is -0.928. The van der Waals surface area contributed by atoms with Crippen molar-refractivity contribution in [3.63, 3.8) is 0 Å². The summed E-state index contributed by atoms with van der Waals surface area (Å²) >= 11 is 0. The minimum Gasteiger partial charge on any atom is -0.497 e. The van der Waals surface area contributed by atoms with Gasteiger partial charge in [-0.1, -0.05) is 0 Å². The Bertz CT molecular complexity index is 847. The quantitative estimate of drug-likeness (QED) is 0.834. The molecule has 0 aliphatic carbocycles. The molecule has 0 saturated carbocycles. The van der Waals surface area contributed by atoms with Crippen LogP contribution in [0.1, 0.15) is 19.3 Å². The summed E-state index contributed by atoms with van der Waals surface area (Å²) in [6.45, 7) is 1.97. The summed E-state index contributed by atoms with van der Waals surface area (Å²) < 4.78 is 38.3. The van der Waals surface area contributed by atoms with Gasteiger partial charge >= 0.3 is 0 Å². The van der Waals surface area contributed by atoms with Crippen LogP contribution in [0.3, 0.4) is 0 Å². The monoisotopic (exact) mass is 377 g/mol. The number of anilines is 2. The average Bonchev–Trinajstić information content (AvgIpc) is 2.68. The summed E-state index contributed by atoms with van der Waals surface area (Å²) in [5.41, 5.74) is 0.399. The van der Waals surface area contributed by atoms with Crippen molar-refractivity contribution in [2.45, 2.75) is 24.2 Å². The largest absolute Gasteiger partial charge is 0.497 e. The summed E-state index contributed by atoms with van der Waals surface area (Å²) in [5, 5.41) is 0. The maximum absolute atomic E-state index is 12.8. The smallest absolute Gasteiger partial charge is 0.265 e. The van der Waals surface area contributed by atoms with E-state index in [1.54, 1.807) is 18.2 Å². The van der Waals surface area contributed by atoms with Gasteiger partial charge in [0.05, 0.1) is 26.1 Å². The third-order valence-electron chi connectivity index (χ3n) is 4.34. The molecule has 0 bridgehead atoms. The van der Waals surface area contributed by atoms with Crippen LogP contribution in [0.25, 0.3) is 0 Å². The lowest BCUT2D eigenvalue weighted by Gasteiger charge is -2.27. The van der Waals surface area contributed by atoms with E-state index in [1.165, 1.54) is 32.9 Å². The fraction of sp³-hybridized carbons (Fsp3) is 0.389. The van der Waals surface area contributed by atoms with Gasteiger partial charge in [0, 0.05) is 19.2 Å². The van der Waals surface area contributed by atoms with Gasteiger partial charge in [-0.25, -0.2) is 13.4 Å². The fourth-order valence-corrected chi connectivity index (χ4v) is 4.19. The molecule has 1 aromatic carbocycles. The molecule has 2 heterocycles. The van der Waals surface area contributed by atoms with Gasteiger partial charge in [0.2, 0.25) is 0 Å². The first-order chi connectivity index (χ1) is 12.5. The molecule has 0 radical (unpaired) electrons. The average molecular weight is 377 g/mol. The Labute approximate surface area is 154 Å². The predicted octanol–water partition coefficient (Wildman–Crippen LogP) is 2.89. The van der Waals surface area contributed by atoms with E-state index in [2.05, 4.69) is 14.6 Å². The first-order valence-electron chi connectivity index (χ1n) is 8.49. The molecule has 1 N–H and O–H groups in total. The molecular weight excluding hydrogens is 354 g/mol. The number of hydrogen-bond donors (Lipinski definition) is 1. The maximum atomic E-state index is 12.8. The van der Waals surface area contributed by atoms with Crippen LogP contribution in [0.5, 0.6) is 11.5 Å². The van der Waals surface area contributed by atoms with Crippen molar-refractivity contribution >= 4 is 21.5 Å². The number of nitrogens with one attached hydrogen (secondary N) is 1. The zero-order chi connectivity index (χ0) is 18.6. The van der Waals surface area contributed by atoms with Crippen molar-refractivity contribution in [3.05, 3.63) is 36.5 Å². The number of hydrogen-bond acceptors (Lipinski definition) is 6. The zero-order valence-electron chi connectivity index (χ0n) is 14.9. The van der Waals surface area contributed by atoms with Crippen LogP contribution in [0, 0.1) is 0 Å². The van der Waals surface area contributed by atoms with E-state index >= 15 is 0 Å².